The number of nitrogens with zero attached hydrogens (tertiary/aromatic N) is 4. The monoisotopic (exact) mass is 397 g/mol. The molecule has 0 aromatic carbocycles. The van der Waals surface area contributed by atoms with E-state index in [0.29, 0.717) is 22.7 Å². The first kappa shape index (κ1) is 16.6. The Labute approximate surface area is 162 Å². The molecule has 9 heteroatoms. The molecular weight excluding hydrogens is 382 g/mol. The van der Waals surface area contributed by atoms with E-state index in [1.165, 1.54) is 28.6 Å². The van der Waals surface area contributed by atoms with Crippen molar-refractivity contribution in [1.29, 1.82) is 0 Å². The average Bonchev–Trinajstić information content (AvgIpc) is 3.31. The maximum atomic E-state index is 12.6. The lowest BCUT2D eigenvalue weighted by Gasteiger charge is -2.09. The molecule has 1 N–H and O–H groups in total. The van der Waals surface area contributed by atoms with Crippen LogP contribution in [0.5, 0.6) is 0 Å². The predicted octanol–water partition coefficient (Wildman–Crippen LogP) is 3.60. The van der Waals surface area contributed by atoms with Crippen LogP contribution in [0.2, 0.25) is 0 Å². The van der Waals surface area contributed by atoms with Crippen LogP contribution < -0.4 is 5.56 Å². The third kappa shape index (κ3) is 3.17. The van der Waals surface area contributed by atoms with Crippen molar-refractivity contribution in [3.63, 3.8) is 0 Å². The number of aromatic nitrogens is 5. The van der Waals surface area contributed by atoms with Crippen LogP contribution in [-0.2, 0) is 18.6 Å². The molecule has 136 valence electrons. The first-order chi connectivity index (χ1) is 13.3. The summed E-state index contributed by atoms with van der Waals surface area (Å²) in [4.78, 5) is 26.4. The van der Waals surface area contributed by atoms with Gasteiger partial charge < -0.3 is 9.40 Å². The van der Waals surface area contributed by atoms with Crippen LogP contribution in [0.3, 0.4) is 0 Å². The molecule has 4 aromatic heterocycles. The van der Waals surface area contributed by atoms with Crippen molar-refractivity contribution in [2.24, 2.45) is 0 Å². The Morgan fingerprint density at radius 2 is 2.19 bits per heavy atom. The number of rotatable bonds is 4. The highest BCUT2D eigenvalue weighted by atomic mass is 32.2. The van der Waals surface area contributed by atoms with E-state index in [-0.39, 0.29) is 5.56 Å². The molecule has 1 aliphatic rings. The minimum Gasteiger partial charge on any atom is -0.411 e. The van der Waals surface area contributed by atoms with E-state index < -0.39 is 0 Å². The number of fused-ring (bicyclic) bond motifs is 3. The largest absolute Gasteiger partial charge is 0.411 e. The summed E-state index contributed by atoms with van der Waals surface area (Å²) in [5, 5.41) is 9.30. The van der Waals surface area contributed by atoms with Crippen LogP contribution in [-0.4, -0.2) is 25.1 Å². The van der Waals surface area contributed by atoms with Crippen LogP contribution >= 0.6 is 23.1 Å². The van der Waals surface area contributed by atoms with Gasteiger partial charge in [0.1, 0.15) is 10.7 Å². The second-order valence-electron chi connectivity index (χ2n) is 6.31. The van der Waals surface area contributed by atoms with Crippen molar-refractivity contribution in [2.75, 3.05) is 0 Å². The van der Waals surface area contributed by atoms with Gasteiger partial charge >= 0.3 is 0 Å². The molecule has 0 unspecified atom stereocenters. The zero-order chi connectivity index (χ0) is 18.2. The summed E-state index contributed by atoms with van der Waals surface area (Å²) in [6.07, 6.45) is 7.74. The van der Waals surface area contributed by atoms with Gasteiger partial charge in [0.15, 0.2) is 0 Å². The standard InChI is InChI=1S/C18H15N5O2S2/c24-15-14-11-5-1-2-6-12(11)27-17(14)21-13(20-15)9-26-18-23-22-16(25-18)10-4-3-7-19-8-10/h3-4,7-8H,1-2,5-6,9H2,(H,20,21,24). The third-order valence-electron chi connectivity index (χ3n) is 4.52. The summed E-state index contributed by atoms with van der Waals surface area (Å²) in [6.45, 7) is 0. The molecule has 5 rings (SSSR count). The summed E-state index contributed by atoms with van der Waals surface area (Å²) >= 11 is 3.00. The van der Waals surface area contributed by atoms with Gasteiger partial charge in [-0.2, -0.15) is 0 Å². The first-order valence-corrected chi connectivity index (χ1v) is 10.5. The Hall–Kier alpha value is -2.52. The Bertz CT molecular complexity index is 1170. The van der Waals surface area contributed by atoms with E-state index in [1.807, 2.05) is 12.1 Å². The molecule has 0 saturated carbocycles. The molecule has 0 aliphatic heterocycles. The smallest absolute Gasteiger partial charge is 0.277 e. The Balaban J connectivity index is 1.38. The van der Waals surface area contributed by atoms with Crippen LogP contribution in [0.1, 0.15) is 29.1 Å². The number of thiophene rings is 1. The van der Waals surface area contributed by atoms with E-state index in [1.54, 1.807) is 23.7 Å². The quantitative estimate of drug-likeness (QED) is 0.525. The topological polar surface area (TPSA) is 97.6 Å². The second-order valence-corrected chi connectivity index (χ2v) is 8.32. The molecule has 4 aromatic rings. The summed E-state index contributed by atoms with van der Waals surface area (Å²) in [7, 11) is 0. The first-order valence-electron chi connectivity index (χ1n) is 8.68. The fourth-order valence-electron chi connectivity index (χ4n) is 3.28. The lowest BCUT2D eigenvalue weighted by atomic mass is 9.97. The molecule has 7 nitrogen and oxygen atoms in total. The van der Waals surface area contributed by atoms with Crippen molar-refractivity contribution in [3.8, 4) is 11.5 Å². The Kier molecular flexibility index (Phi) is 4.25. The molecule has 27 heavy (non-hydrogen) atoms. The molecule has 0 fully saturated rings. The number of hydrogen-bond acceptors (Lipinski definition) is 8. The number of aromatic amines is 1. The maximum Gasteiger partial charge on any atom is 0.277 e. The molecule has 0 atom stereocenters. The minimum absolute atomic E-state index is 0.0448. The summed E-state index contributed by atoms with van der Waals surface area (Å²) in [6, 6.07) is 3.68. The Morgan fingerprint density at radius 1 is 1.26 bits per heavy atom. The summed E-state index contributed by atoms with van der Waals surface area (Å²) < 4.78 is 5.66. The molecule has 0 radical (unpaired) electrons. The SMILES string of the molecule is O=c1[nH]c(CSc2nnc(-c3cccnc3)o2)nc2sc3c(c12)CCCC3. The number of nitrogens with one attached hydrogen (secondary N) is 1. The number of aryl methyl sites for hydroxylation is 2. The van der Waals surface area contributed by atoms with Crippen LogP contribution in [0.4, 0.5) is 0 Å². The normalized spacial score (nSPS) is 13.8. The van der Waals surface area contributed by atoms with Gasteiger partial charge in [0.05, 0.1) is 16.7 Å². The molecule has 0 spiro atoms. The predicted molar refractivity (Wildman–Crippen MR) is 104 cm³/mol. The number of hydrogen-bond donors (Lipinski definition) is 1. The Morgan fingerprint density at radius 3 is 3.07 bits per heavy atom. The van der Waals surface area contributed by atoms with Gasteiger partial charge in [0, 0.05) is 17.3 Å². The van der Waals surface area contributed by atoms with Crippen molar-refractivity contribution in [1.82, 2.24) is 25.1 Å². The van der Waals surface area contributed by atoms with Gasteiger partial charge in [-0.3, -0.25) is 9.78 Å². The minimum atomic E-state index is -0.0448. The summed E-state index contributed by atoms with van der Waals surface area (Å²) in [5.41, 5.74) is 1.93. The third-order valence-corrected chi connectivity index (χ3v) is 6.54. The highest BCUT2D eigenvalue weighted by Gasteiger charge is 2.20. The van der Waals surface area contributed by atoms with Gasteiger partial charge in [0.25, 0.3) is 10.8 Å². The van der Waals surface area contributed by atoms with Crippen LogP contribution in [0.25, 0.3) is 21.7 Å². The molecule has 0 bridgehead atoms. The summed E-state index contributed by atoms with van der Waals surface area (Å²) in [5.74, 6) is 1.51. The van der Waals surface area contributed by atoms with Crippen LogP contribution in [0, 0.1) is 0 Å². The highest BCUT2D eigenvalue weighted by molar-refractivity contribution is 7.98. The molecule has 1 aliphatic carbocycles. The van der Waals surface area contributed by atoms with E-state index in [4.69, 9.17) is 4.42 Å². The van der Waals surface area contributed by atoms with E-state index in [2.05, 4.69) is 25.1 Å². The lowest BCUT2D eigenvalue weighted by Crippen LogP contribution is -2.12. The van der Waals surface area contributed by atoms with Crippen molar-refractivity contribution < 1.29 is 4.42 Å². The van der Waals surface area contributed by atoms with Crippen LogP contribution in [0.15, 0.2) is 39.0 Å². The fourth-order valence-corrected chi connectivity index (χ4v) is 5.20. The number of thioether (sulfide) groups is 1. The van der Waals surface area contributed by atoms with Crippen molar-refractivity contribution in [3.05, 3.63) is 51.1 Å². The molecule has 4 heterocycles. The average molecular weight is 397 g/mol. The number of H-pyrrole nitrogens is 1. The zero-order valence-corrected chi connectivity index (χ0v) is 15.9. The van der Waals surface area contributed by atoms with E-state index in [0.717, 1.165) is 35.0 Å². The lowest BCUT2D eigenvalue weighted by molar-refractivity contribution is 0.465. The molecule has 0 amide bonds. The molecule has 0 saturated heterocycles. The zero-order valence-electron chi connectivity index (χ0n) is 14.3. The second kappa shape index (κ2) is 6.90. The van der Waals surface area contributed by atoms with E-state index >= 15 is 0 Å². The van der Waals surface area contributed by atoms with E-state index in [9.17, 15) is 4.79 Å². The van der Waals surface area contributed by atoms with Gasteiger partial charge in [-0.1, -0.05) is 11.8 Å². The number of pyridine rings is 1. The fraction of sp³-hybridized carbons (Fsp3) is 0.278. The van der Waals surface area contributed by atoms with Gasteiger partial charge in [0.2, 0.25) is 5.89 Å². The van der Waals surface area contributed by atoms with Crippen molar-refractivity contribution >= 4 is 33.3 Å². The molecular formula is C18H15N5O2S2. The van der Waals surface area contributed by atoms with Crippen molar-refractivity contribution in [2.45, 2.75) is 36.7 Å². The van der Waals surface area contributed by atoms with Gasteiger partial charge in [-0.25, -0.2) is 4.98 Å². The van der Waals surface area contributed by atoms with Gasteiger partial charge in [-0.15, -0.1) is 21.5 Å². The van der Waals surface area contributed by atoms with Gasteiger partial charge in [-0.05, 0) is 43.4 Å². The highest BCUT2D eigenvalue weighted by Crippen LogP contribution is 2.34. The maximum absolute atomic E-state index is 12.6.